The van der Waals surface area contributed by atoms with E-state index in [2.05, 4.69) is 36.2 Å². The predicted molar refractivity (Wildman–Crippen MR) is 84.0 cm³/mol. The van der Waals surface area contributed by atoms with E-state index in [4.69, 9.17) is 4.52 Å². The van der Waals surface area contributed by atoms with Gasteiger partial charge in [0.05, 0.1) is 16.6 Å². The highest BCUT2D eigenvalue weighted by Crippen LogP contribution is 2.26. The Bertz CT molecular complexity index is 707. The number of pyridine rings is 1. The largest absolute Gasteiger partial charge is 0.336 e. The van der Waals surface area contributed by atoms with E-state index < -0.39 is 0 Å². The minimum atomic E-state index is 0.0361. The van der Waals surface area contributed by atoms with E-state index in [1.807, 2.05) is 17.9 Å². The smallest absolute Gasteiger partial charge is 0.259 e. The highest BCUT2D eigenvalue weighted by Gasteiger charge is 2.26. The molecule has 2 aromatic rings. The van der Waals surface area contributed by atoms with Gasteiger partial charge in [0.15, 0.2) is 0 Å². The first-order chi connectivity index (χ1) is 10.5. The van der Waals surface area contributed by atoms with Gasteiger partial charge in [0.2, 0.25) is 0 Å². The van der Waals surface area contributed by atoms with Gasteiger partial charge < -0.3 is 14.7 Å². The van der Waals surface area contributed by atoms with Gasteiger partial charge in [-0.25, -0.2) is 4.98 Å². The Balaban J connectivity index is 2.07. The maximum atomic E-state index is 13.0. The maximum Gasteiger partial charge on any atom is 0.259 e. The molecule has 0 bridgehead atoms. The Morgan fingerprint density at radius 2 is 2.27 bits per heavy atom. The lowest BCUT2D eigenvalue weighted by Crippen LogP contribution is -2.51. The van der Waals surface area contributed by atoms with Gasteiger partial charge in [-0.1, -0.05) is 19.0 Å². The minimum absolute atomic E-state index is 0.0361. The summed E-state index contributed by atoms with van der Waals surface area (Å²) in [5.74, 6) is 0.261. The average molecular weight is 302 g/mol. The second kappa shape index (κ2) is 5.68. The Labute approximate surface area is 129 Å². The third-order valence-corrected chi connectivity index (χ3v) is 4.11. The lowest BCUT2D eigenvalue weighted by Gasteiger charge is -2.32. The summed E-state index contributed by atoms with van der Waals surface area (Å²) in [7, 11) is 0. The molecule has 6 nitrogen and oxygen atoms in total. The number of carbonyl (C=O) groups is 1. The molecule has 1 aliphatic rings. The monoisotopic (exact) mass is 302 g/mol. The highest BCUT2D eigenvalue weighted by molar-refractivity contribution is 6.06. The minimum Gasteiger partial charge on any atom is -0.336 e. The number of nitrogens with zero attached hydrogens (tertiary/aromatic N) is 3. The zero-order valence-electron chi connectivity index (χ0n) is 13.5. The molecule has 1 aliphatic heterocycles. The van der Waals surface area contributed by atoms with Gasteiger partial charge in [-0.05, 0) is 25.8 Å². The maximum absolute atomic E-state index is 13.0. The summed E-state index contributed by atoms with van der Waals surface area (Å²) in [5, 5.41) is 8.07. The van der Waals surface area contributed by atoms with Crippen molar-refractivity contribution in [1.82, 2.24) is 20.4 Å². The Hall–Kier alpha value is -1.95. The van der Waals surface area contributed by atoms with Gasteiger partial charge in [0, 0.05) is 31.4 Å². The summed E-state index contributed by atoms with van der Waals surface area (Å²) in [6.45, 7) is 10.3. The molecule has 3 rings (SSSR count). The van der Waals surface area contributed by atoms with E-state index in [-0.39, 0.29) is 11.8 Å². The summed E-state index contributed by atoms with van der Waals surface area (Å²) in [5.41, 5.74) is 2.68. The van der Waals surface area contributed by atoms with Crippen LogP contribution in [0.1, 0.15) is 48.4 Å². The molecule has 0 saturated carbocycles. The van der Waals surface area contributed by atoms with Gasteiger partial charge in [-0.15, -0.1) is 0 Å². The summed E-state index contributed by atoms with van der Waals surface area (Å²) in [6, 6.07) is 2.20. The molecule has 0 aliphatic carbocycles. The van der Waals surface area contributed by atoms with E-state index in [9.17, 15) is 4.79 Å². The molecule has 6 heteroatoms. The van der Waals surface area contributed by atoms with Crippen LogP contribution in [0.2, 0.25) is 0 Å². The van der Waals surface area contributed by atoms with Crippen molar-refractivity contribution in [1.29, 1.82) is 0 Å². The number of hydrogen-bond donors (Lipinski definition) is 1. The van der Waals surface area contributed by atoms with Crippen LogP contribution in [0.15, 0.2) is 10.6 Å². The molecule has 1 N–H and O–H groups in total. The zero-order valence-corrected chi connectivity index (χ0v) is 13.5. The Morgan fingerprint density at radius 1 is 1.50 bits per heavy atom. The molecule has 0 spiro atoms. The third kappa shape index (κ3) is 2.59. The molecule has 1 saturated heterocycles. The number of piperazine rings is 1. The fourth-order valence-electron chi connectivity index (χ4n) is 2.87. The van der Waals surface area contributed by atoms with Gasteiger partial charge in [-0.3, -0.25) is 4.79 Å². The normalized spacial score (nSPS) is 19.1. The van der Waals surface area contributed by atoms with Crippen LogP contribution in [-0.4, -0.2) is 46.6 Å². The molecule has 1 fully saturated rings. The number of aryl methyl sites for hydroxylation is 1. The molecular formula is C16H22N4O2. The number of amides is 1. The molecule has 0 aromatic carbocycles. The molecule has 2 aromatic heterocycles. The number of aromatic nitrogens is 2. The van der Waals surface area contributed by atoms with E-state index >= 15 is 0 Å². The number of nitrogens with one attached hydrogen (secondary N) is 1. The molecular weight excluding hydrogens is 280 g/mol. The number of rotatable bonds is 2. The Kier molecular flexibility index (Phi) is 3.87. The molecule has 3 heterocycles. The van der Waals surface area contributed by atoms with Crippen LogP contribution in [0.25, 0.3) is 11.1 Å². The molecule has 1 unspecified atom stereocenters. The van der Waals surface area contributed by atoms with Crippen molar-refractivity contribution in [2.45, 2.75) is 39.7 Å². The summed E-state index contributed by atoms with van der Waals surface area (Å²) >= 11 is 0. The fraction of sp³-hybridized carbons (Fsp3) is 0.562. The Morgan fingerprint density at radius 3 is 2.95 bits per heavy atom. The summed E-state index contributed by atoms with van der Waals surface area (Å²) < 4.78 is 5.29. The summed E-state index contributed by atoms with van der Waals surface area (Å²) in [4.78, 5) is 19.4. The lowest BCUT2D eigenvalue weighted by atomic mass is 10.0. The van der Waals surface area contributed by atoms with Gasteiger partial charge in [0.1, 0.15) is 0 Å². The van der Waals surface area contributed by atoms with E-state index in [0.29, 0.717) is 36.1 Å². The van der Waals surface area contributed by atoms with Crippen molar-refractivity contribution in [3.63, 3.8) is 0 Å². The third-order valence-electron chi connectivity index (χ3n) is 4.11. The first-order valence-corrected chi connectivity index (χ1v) is 7.77. The first-order valence-electron chi connectivity index (χ1n) is 7.77. The SMILES string of the molecule is Cc1noc2nc(C(C)C)cc(C(=O)N3CCNC(C)C3)c12. The van der Waals surface area contributed by atoms with Crippen LogP contribution in [0.5, 0.6) is 0 Å². The van der Waals surface area contributed by atoms with Crippen molar-refractivity contribution in [2.75, 3.05) is 19.6 Å². The standard InChI is InChI=1S/C16H22N4O2/c1-9(2)13-7-12(14-11(4)19-22-15(14)18-13)16(21)20-6-5-17-10(3)8-20/h7,9-10,17H,5-6,8H2,1-4H3. The van der Waals surface area contributed by atoms with Crippen molar-refractivity contribution in [3.05, 3.63) is 23.0 Å². The van der Waals surface area contributed by atoms with E-state index in [1.165, 1.54) is 0 Å². The quantitative estimate of drug-likeness (QED) is 0.919. The molecule has 0 radical (unpaired) electrons. The van der Waals surface area contributed by atoms with E-state index in [0.717, 1.165) is 17.6 Å². The fourth-order valence-corrected chi connectivity index (χ4v) is 2.87. The van der Waals surface area contributed by atoms with Gasteiger partial charge in [0.25, 0.3) is 11.6 Å². The van der Waals surface area contributed by atoms with Crippen LogP contribution in [0.3, 0.4) is 0 Å². The van der Waals surface area contributed by atoms with Crippen molar-refractivity contribution >= 4 is 17.0 Å². The first kappa shape index (κ1) is 15.0. The molecule has 118 valence electrons. The topological polar surface area (TPSA) is 71.3 Å². The molecule has 22 heavy (non-hydrogen) atoms. The highest BCUT2D eigenvalue weighted by atomic mass is 16.5. The zero-order chi connectivity index (χ0) is 15.9. The van der Waals surface area contributed by atoms with Crippen LogP contribution in [0, 0.1) is 6.92 Å². The predicted octanol–water partition coefficient (Wildman–Crippen LogP) is 2.09. The average Bonchev–Trinajstić information content (AvgIpc) is 2.87. The number of hydrogen-bond acceptors (Lipinski definition) is 5. The van der Waals surface area contributed by atoms with Crippen molar-refractivity contribution in [2.24, 2.45) is 0 Å². The molecule has 1 atom stereocenters. The van der Waals surface area contributed by atoms with E-state index in [1.54, 1.807) is 0 Å². The van der Waals surface area contributed by atoms with Gasteiger partial charge >= 0.3 is 0 Å². The lowest BCUT2D eigenvalue weighted by molar-refractivity contribution is 0.0711. The van der Waals surface area contributed by atoms with Crippen molar-refractivity contribution < 1.29 is 9.32 Å². The van der Waals surface area contributed by atoms with Crippen LogP contribution in [0.4, 0.5) is 0 Å². The number of carbonyl (C=O) groups excluding carboxylic acids is 1. The van der Waals surface area contributed by atoms with Crippen LogP contribution < -0.4 is 5.32 Å². The number of fused-ring (bicyclic) bond motifs is 1. The van der Waals surface area contributed by atoms with Crippen LogP contribution >= 0.6 is 0 Å². The van der Waals surface area contributed by atoms with Gasteiger partial charge in [-0.2, -0.15) is 0 Å². The molecule has 1 amide bonds. The summed E-state index contributed by atoms with van der Waals surface area (Å²) in [6.07, 6.45) is 0. The van der Waals surface area contributed by atoms with Crippen molar-refractivity contribution in [3.8, 4) is 0 Å². The second-order valence-corrected chi connectivity index (χ2v) is 6.30. The van der Waals surface area contributed by atoms with Crippen LogP contribution in [-0.2, 0) is 0 Å². The second-order valence-electron chi connectivity index (χ2n) is 6.30.